The van der Waals surface area contributed by atoms with Gasteiger partial charge in [0.2, 0.25) is 23.8 Å². The molecule has 0 spiro atoms. The van der Waals surface area contributed by atoms with Gasteiger partial charge in [-0.3, -0.25) is 20.1 Å². The Morgan fingerprint density at radius 1 is 1.29 bits per heavy atom. The van der Waals surface area contributed by atoms with Crippen LogP contribution in [0.3, 0.4) is 0 Å². The van der Waals surface area contributed by atoms with Gasteiger partial charge in [0.15, 0.2) is 0 Å². The number of aliphatic hydroxyl groups is 2. The van der Waals surface area contributed by atoms with E-state index >= 15 is 0 Å². The molecule has 1 aliphatic heterocycles. The van der Waals surface area contributed by atoms with Gasteiger partial charge in [-0.2, -0.15) is 0 Å². The van der Waals surface area contributed by atoms with Gasteiger partial charge in [-0.15, -0.1) is 11.8 Å². The van der Waals surface area contributed by atoms with Crippen molar-refractivity contribution in [2.45, 2.75) is 74.6 Å². The van der Waals surface area contributed by atoms with Crippen LogP contribution >= 0.6 is 11.8 Å². The summed E-state index contributed by atoms with van der Waals surface area (Å²) in [5.74, 6) is -5.32. The molecular formula is C24H33N3O10S. The standard InChI is InChI=1S/C24H33N3O10S/c1-2-8-23(9-6-12-4-3-5-13-16(12)17(23)37-21(13)33)38-11-14(18(29)27-19(30)20(31)32)26-15(28)7-10-24(25,36)22(34)35/h3,5,12-14,19,30,36H,2,4,6-11,25H2,1H3,(H,26,28)(H,27,29)(H,31,32)(H,34,35)/t12-,13-,14+,19+,23+,24-/m1/s1. The second-order valence-electron chi connectivity index (χ2n) is 9.74. The SMILES string of the molecule is CCC[C@]1(SC[C@H](NC(=O)CC[C@@](N)(O)C(=O)O)C(=O)N[C@@H](O)C(=O)O)CC[C@H]2CC=C[C@H]3C(=O)OC1=C23. The lowest BCUT2D eigenvalue weighted by atomic mass is 9.71. The summed E-state index contributed by atoms with van der Waals surface area (Å²) in [7, 11) is 0. The number of carboxylic acids is 2. The van der Waals surface area contributed by atoms with Crippen LogP contribution in [-0.2, 0) is 28.7 Å². The zero-order chi connectivity index (χ0) is 28.3. The number of aliphatic hydroxyl groups excluding tert-OH is 1. The third-order valence-corrected chi connectivity index (χ3v) is 8.65. The molecule has 2 aliphatic carbocycles. The van der Waals surface area contributed by atoms with Gasteiger partial charge in [0.25, 0.3) is 0 Å². The first-order chi connectivity index (χ1) is 17.8. The molecule has 0 saturated heterocycles. The molecule has 0 bridgehead atoms. The molecule has 13 nitrogen and oxygen atoms in total. The number of nitrogens with two attached hydrogens (primary N) is 1. The minimum absolute atomic E-state index is 0.0742. The molecular weight excluding hydrogens is 522 g/mol. The molecule has 0 unspecified atom stereocenters. The van der Waals surface area contributed by atoms with Crippen LogP contribution in [0, 0.1) is 11.8 Å². The highest BCUT2D eigenvalue weighted by molar-refractivity contribution is 8.00. The van der Waals surface area contributed by atoms with E-state index in [0.717, 1.165) is 24.8 Å². The molecule has 1 heterocycles. The van der Waals surface area contributed by atoms with Gasteiger partial charge in [-0.05, 0) is 37.2 Å². The number of esters is 1. The molecule has 38 heavy (non-hydrogen) atoms. The number of nitrogens with one attached hydrogen (secondary N) is 2. The summed E-state index contributed by atoms with van der Waals surface area (Å²) in [6.07, 6.45) is 4.03. The first kappa shape index (κ1) is 29.6. The van der Waals surface area contributed by atoms with Crippen LogP contribution in [0.4, 0.5) is 0 Å². The van der Waals surface area contributed by atoms with E-state index in [9.17, 15) is 34.2 Å². The van der Waals surface area contributed by atoms with Gasteiger partial charge >= 0.3 is 17.9 Å². The average Bonchev–Trinajstić information content (AvgIpc) is 3.21. The maximum Gasteiger partial charge on any atom is 0.353 e. The highest BCUT2D eigenvalue weighted by Gasteiger charge is 2.52. The van der Waals surface area contributed by atoms with Crippen molar-refractivity contribution in [1.29, 1.82) is 0 Å². The van der Waals surface area contributed by atoms with E-state index < -0.39 is 65.3 Å². The number of amides is 2. The maximum absolute atomic E-state index is 12.8. The molecule has 0 aromatic heterocycles. The monoisotopic (exact) mass is 555 g/mol. The first-order valence-corrected chi connectivity index (χ1v) is 13.3. The molecule has 3 aliphatic rings. The molecule has 0 fully saturated rings. The zero-order valence-corrected chi connectivity index (χ0v) is 21.7. The number of carboxylic acid groups (broad SMARTS) is 2. The van der Waals surface area contributed by atoms with Crippen LogP contribution in [0.5, 0.6) is 0 Å². The van der Waals surface area contributed by atoms with Crippen molar-refractivity contribution >= 4 is 41.5 Å². The Morgan fingerprint density at radius 3 is 2.63 bits per heavy atom. The molecule has 0 saturated carbocycles. The molecule has 3 rings (SSSR count). The highest BCUT2D eigenvalue weighted by Crippen LogP contribution is 2.55. The Hall–Kier alpha value is -2.94. The second-order valence-corrected chi connectivity index (χ2v) is 11.1. The summed E-state index contributed by atoms with van der Waals surface area (Å²) in [4.78, 5) is 60.0. The number of hydrogen-bond donors (Lipinski definition) is 7. The third-order valence-electron chi connectivity index (χ3n) is 7.00. The van der Waals surface area contributed by atoms with E-state index in [4.69, 9.17) is 20.7 Å². The van der Waals surface area contributed by atoms with Crippen molar-refractivity contribution in [2.75, 3.05) is 5.75 Å². The van der Waals surface area contributed by atoms with Crippen molar-refractivity contribution < 1.29 is 49.1 Å². The summed E-state index contributed by atoms with van der Waals surface area (Å²) in [6, 6.07) is -1.34. The van der Waals surface area contributed by atoms with Gasteiger partial charge < -0.3 is 35.8 Å². The Balaban J connectivity index is 1.81. The van der Waals surface area contributed by atoms with Crippen LogP contribution in [0.15, 0.2) is 23.5 Å². The molecule has 14 heteroatoms. The number of rotatable bonds is 13. The number of carbonyl (C=O) groups excluding carboxylic acids is 3. The molecule has 2 amide bonds. The van der Waals surface area contributed by atoms with Crippen LogP contribution in [0.1, 0.15) is 51.9 Å². The summed E-state index contributed by atoms with van der Waals surface area (Å²) < 4.78 is 5.12. The molecule has 6 atom stereocenters. The summed E-state index contributed by atoms with van der Waals surface area (Å²) in [6.45, 7) is 1.97. The van der Waals surface area contributed by atoms with E-state index in [1.165, 1.54) is 11.8 Å². The average molecular weight is 556 g/mol. The lowest BCUT2D eigenvalue weighted by Crippen LogP contribution is -2.54. The highest BCUT2D eigenvalue weighted by atomic mass is 32.2. The number of aliphatic carboxylic acids is 2. The zero-order valence-electron chi connectivity index (χ0n) is 20.8. The van der Waals surface area contributed by atoms with Crippen molar-refractivity contribution in [1.82, 2.24) is 10.6 Å². The number of carbonyl (C=O) groups is 5. The Kier molecular flexibility index (Phi) is 9.23. The number of hydrogen-bond acceptors (Lipinski definition) is 10. The quantitative estimate of drug-likeness (QED) is 0.0873. The fourth-order valence-corrected chi connectivity index (χ4v) is 6.64. The Morgan fingerprint density at radius 2 is 2.00 bits per heavy atom. The van der Waals surface area contributed by atoms with E-state index in [0.29, 0.717) is 18.6 Å². The number of ether oxygens (including phenoxy) is 1. The molecule has 8 N–H and O–H groups in total. The van der Waals surface area contributed by atoms with Crippen molar-refractivity contribution in [3.05, 3.63) is 23.5 Å². The van der Waals surface area contributed by atoms with Gasteiger partial charge in [0, 0.05) is 18.6 Å². The molecule has 0 radical (unpaired) electrons. The van der Waals surface area contributed by atoms with Gasteiger partial charge in [0.05, 0.1) is 4.75 Å². The lowest BCUT2D eigenvalue weighted by molar-refractivity contribution is -0.159. The summed E-state index contributed by atoms with van der Waals surface area (Å²) in [5, 5.41) is 41.5. The topological polar surface area (TPSA) is 226 Å². The van der Waals surface area contributed by atoms with E-state index in [2.05, 4.69) is 5.32 Å². The number of thioether (sulfide) groups is 1. The lowest BCUT2D eigenvalue weighted by Gasteiger charge is -2.41. The molecule has 210 valence electrons. The van der Waals surface area contributed by atoms with Crippen LogP contribution in [-0.4, -0.2) is 78.6 Å². The second kappa shape index (κ2) is 11.8. The van der Waals surface area contributed by atoms with Crippen molar-refractivity contribution in [3.8, 4) is 0 Å². The minimum Gasteiger partial charge on any atom is -0.478 e. The van der Waals surface area contributed by atoms with E-state index in [1.54, 1.807) is 0 Å². The van der Waals surface area contributed by atoms with Crippen LogP contribution < -0.4 is 16.4 Å². The van der Waals surface area contributed by atoms with Gasteiger partial charge in [-0.25, -0.2) is 9.59 Å². The minimum atomic E-state index is -2.65. The predicted octanol–water partition coefficient (Wildman–Crippen LogP) is -0.428. The largest absolute Gasteiger partial charge is 0.478 e. The van der Waals surface area contributed by atoms with E-state index in [1.807, 2.05) is 24.4 Å². The van der Waals surface area contributed by atoms with Gasteiger partial charge in [-0.1, -0.05) is 25.5 Å². The van der Waals surface area contributed by atoms with Crippen molar-refractivity contribution in [3.63, 3.8) is 0 Å². The fraction of sp³-hybridized carbons (Fsp3) is 0.625. The summed E-state index contributed by atoms with van der Waals surface area (Å²) >= 11 is 1.30. The first-order valence-electron chi connectivity index (χ1n) is 12.3. The fourth-order valence-electron chi connectivity index (χ4n) is 5.02. The maximum atomic E-state index is 12.8. The Bertz CT molecular complexity index is 1060. The molecule has 0 aromatic carbocycles. The van der Waals surface area contributed by atoms with Crippen LogP contribution in [0.25, 0.3) is 0 Å². The predicted molar refractivity (Wildman–Crippen MR) is 133 cm³/mol. The smallest absolute Gasteiger partial charge is 0.353 e. The number of allylic oxidation sites excluding steroid dienone is 1. The third kappa shape index (κ3) is 6.37. The molecule has 0 aromatic rings. The summed E-state index contributed by atoms with van der Waals surface area (Å²) in [5.41, 5.74) is 3.54. The van der Waals surface area contributed by atoms with Gasteiger partial charge in [0.1, 0.15) is 17.7 Å². The van der Waals surface area contributed by atoms with Crippen LogP contribution in [0.2, 0.25) is 0 Å². The van der Waals surface area contributed by atoms with E-state index in [-0.39, 0.29) is 17.6 Å². The normalized spacial score (nSPS) is 27.0. The van der Waals surface area contributed by atoms with Crippen molar-refractivity contribution in [2.24, 2.45) is 17.6 Å². The Labute approximate surface area is 222 Å².